The Hall–Kier alpha value is -1.95. The third kappa shape index (κ3) is 2.17. The van der Waals surface area contributed by atoms with E-state index in [1.54, 1.807) is 0 Å². The van der Waals surface area contributed by atoms with E-state index >= 15 is 0 Å². The maximum Gasteiger partial charge on any atom is 0.241 e. The van der Waals surface area contributed by atoms with E-state index in [0.717, 1.165) is 0 Å². The Balaban J connectivity index is 3.31. The van der Waals surface area contributed by atoms with Crippen molar-refractivity contribution in [2.75, 3.05) is 21.3 Å². The summed E-state index contributed by atoms with van der Waals surface area (Å²) in [7, 11) is 4.31. The van der Waals surface area contributed by atoms with Gasteiger partial charge in [0.2, 0.25) is 11.7 Å². The van der Waals surface area contributed by atoms with Crippen LogP contribution in [0.2, 0.25) is 0 Å². The third-order valence-electron chi connectivity index (χ3n) is 2.02. The lowest BCUT2D eigenvalue weighted by Crippen LogP contribution is -2.16. The predicted octanol–water partition coefficient (Wildman–Crippen LogP) is 0.940. The Kier molecular flexibility index (Phi) is 3.96. The highest BCUT2D eigenvalue weighted by Crippen LogP contribution is 2.38. The lowest BCUT2D eigenvalue weighted by atomic mass is 10.1. The fraction of sp³-hybridized carbons (Fsp3) is 0.300. The first-order valence-electron chi connectivity index (χ1n) is 4.40. The van der Waals surface area contributed by atoms with Gasteiger partial charge < -0.3 is 24.9 Å². The van der Waals surface area contributed by atoms with Gasteiger partial charge >= 0.3 is 0 Å². The molecule has 1 N–H and O–H groups in total. The predicted molar refractivity (Wildman–Crippen MR) is 56.9 cm³/mol. The van der Waals surface area contributed by atoms with E-state index in [1.165, 1.54) is 38.9 Å². The number of ether oxygens (including phenoxy) is 3. The molecule has 1 amide bonds. The molecule has 0 atom stereocenters. The minimum Gasteiger partial charge on any atom is -0.759 e. The summed E-state index contributed by atoms with van der Waals surface area (Å²) in [5.74, 6) is 0.243. The molecule has 6 heteroatoms. The lowest BCUT2D eigenvalue weighted by Gasteiger charge is -2.14. The van der Waals surface area contributed by atoms with Gasteiger partial charge in [-0.3, -0.25) is 4.79 Å². The second-order valence-corrected chi connectivity index (χ2v) is 2.85. The first kappa shape index (κ1) is 12.1. The SMILES string of the molecule is COc1cc(C(=O)N[O-])cc(OC)c1OC. The van der Waals surface area contributed by atoms with E-state index in [9.17, 15) is 10.0 Å². The minimum atomic E-state index is -0.765. The number of carbonyl (C=O) groups excluding carboxylic acids is 1. The van der Waals surface area contributed by atoms with Crippen molar-refractivity contribution in [1.29, 1.82) is 0 Å². The summed E-state index contributed by atoms with van der Waals surface area (Å²) in [6.07, 6.45) is 0. The zero-order valence-electron chi connectivity index (χ0n) is 9.20. The molecular formula is C10H12NO5-. The zero-order chi connectivity index (χ0) is 12.1. The van der Waals surface area contributed by atoms with E-state index in [-0.39, 0.29) is 5.56 Å². The maximum atomic E-state index is 11.2. The highest BCUT2D eigenvalue weighted by atomic mass is 16.5. The van der Waals surface area contributed by atoms with E-state index in [0.29, 0.717) is 17.2 Å². The van der Waals surface area contributed by atoms with Crippen molar-refractivity contribution < 1.29 is 19.0 Å². The van der Waals surface area contributed by atoms with E-state index in [1.807, 2.05) is 0 Å². The average Bonchev–Trinajstić information content (AvgIpc) is 2.35. The van der Waals surface area contributed by atoms with Crippen molar-refractivity contribution in [2.24, 2.45) is 0 Å². The molecule has 16 heavy (non-hydrogen) atoms. The molecule has 0 spiro atoms. The summed E-state index contributed by atoms with van der Waals surface area (Å²) < 4.78 is 15.1. The summed E-state index contributed by atoms with van der Waals surface area (Å²) in [4.78, 5) is 11.2. The second-order valence-electron chi connectivity index (χ2n) is 2.85. The molecule has 0 aliphatic carbocycles. The molecule has 0 aromatic heterocycles. The Morgan fingerprint density at radius 1 is 1.12 bits per heavy atom. The summed E-state index contributed by atoms with van der Waals surface area (Å²) in [6.45, 7) is 0. The van der Waals surface area contributed by atoms with Crippen LogP contribution in [-0.2, 0) is 0 Å². The molecule has 0 radical (unpaired) electrons. The van der Waals surface area contributed by atoms with Crippen LogP contribution in [0.25, 0.3) is 0 Å². The van der Waals surface area contributed by atoms with Gasteiger partial charge in [0.25, 0.3) is 0 Å². The number of benzene rings is 1. The molecule has 1 aromatic rings. The molecule has 1 aromatic carbocycles. The number of hydrogen-bond acceptors (Lipinski definition) is 5. The number of carbonyl (C=O) groups is 1. The Labute approximate surface area is 92.7 Å². The van der Waals surface area contributed by atoms with E-state index < -0.39 is 5.91 Å². The van der Waals surface area contributed by atoms with Crippen LogP contribution in [0.4, 0.5) is 0 Å². The van der Waals surface area contributed by atoms with Gasteiger partial charge in [0, 0.05) is 5.56 Å². The molecule has 1 rings (SSSR count). The lowest BCUT2D eigenvalue weighted by molar-refractivity contribution is 0.0969. The molecule has 0 fully saturated rings. The van der Waals surface area contributed by atoms with Crippen molar-refractivity contribution in [1.82, 2.24) is 5.48 Å². The highest BCUT2D eigenvalue weighted by molar-refractivity contribution is 5.95. The van der Waals surface area contributed by atoms with Crippen LogP contribution in [0.1, 0.15) is 10.4 Å². The Morgan fingerprint density at radius 2 is 1.62 bits per heavy atom. The number of methoxy groups -OCH3 is 3. The van der Waals surface area contributed by atoms with E-state index in [4.69, 9.17) is 14.2 Å². The maximum absolute atomic E-state index is 11.2. The first-order chi connectivity index (χ1) is 7.67. The molecule has 0 saturated carbocycles. The number of rotatable bonds is 4. The molecule has 0 bridgehead atoms. The topological polar surface area (TPSA) is 79.9 Å². The summed E-state index contributed by atoms with van der Waals surface area (Å²) in [5, 5.41) is 10.3. The van der Waals surface area contributed by atoms with Gasteiger partial charge in [0.15, 0.2) is 11.5 Å². The number of amides is 1. The van der Waals surface area contributed by atoms with Gasteiger partial charge in [-0.1, -0.05) is 0 Å². The molecule has 0 aliphatic heterocycles. The Bertz CT molecular complexity index is 366. The smallest absolute Gasteiger partial charge is 0.241 e. The van der Waals surface area contributed by atoms with Crippen molar-refractivity contribution in [3.05, 3.63) is 22.9 Å². The largest absolute Gasteiger partial charge is 0.759 e. The first-order valence-corrected chi connectivity index (χ1v) is 4.40. The van der Waals surface area contributed by atoms with Crippen LogP contribution < -0.4 is 19.7 Å². The van der Waals surface area contributed by atoms with Gasteiger partial charge in [-0.15, -0.1) is 0 Å². The fourth-order valence-corrected chi connectivity index (χ4v) is 1.27. The minimum absolute atomic E-state index is 0.143. The van der Waals surface area contributed by atoms with Crippen LogP contribution in [-0.4, -0.2) is 27.2 Å². The molecule has 0 heterocycles. The number of nitrogens with one attached hydrogen (secondary N) is 1. The van der Waals surface area contributed by atoms with Crippen molar-refractivity contribution in [2.45, 2.75) is 0 Å². The molecule has 0 unspecified atom stereocenters. The van der Waals surface area contributed by atoms with Gasteiger partial charge in [0.1, 0.15) is 0 Å². The van der Waals surface area contributed by atoms with E-state index in [2.05, 4.69) is 0 Å². The summed E-state index contributed by atoms with van der Waals surface area (Å²) in [6, 6.07) is 2.79. The van der Waals surface area contributed by atoms with Gasteiger partial charge in [-0.2, -0.15) is 0 Å². The van der Waals surface area contributed by atoms with Crippen LogP contribution in [0.3, 0.4) is 0 Å². The fourth-order valence-electron chi connectivity index (χ4n) is 1.27. The quantitative estimate of drug-likeness (QED) is 0.773. The molecule has 6 nitrogen and oxygen atoms in total. The third-order valence-corrected chi connectivity index (χ3v) is 2.02. The average molecular weight is 226 g/mol. The van der Waals surface area contributed by atoms with Gasteiger partial charge in [-0.05, 0) is 12.1 Å². The zero-order valence-corrected chi connectivity index (χ0v) is 9.20. The van der Waals surface area contributed by atoms with Crippen molar-refractivity contribution >= 4 is 5.91 Å². The Morgan fingerprint density at radius 3 is 1.94 bits per heavy atom. The van der Waals surface area contributed by atoms with Crippen molar-refractivity contribution in [3.8, 4) is 17.2 Å². The molecular weight excluding hydrogens is 214 g/mol. The van der Waals surface area contributed by atoms with Gasteiger partial charge in [0.05, 0.1) is 21.3 Å². The van der Waals surface area contributed by atoms with Crippen LogP contribution in [0.5, 0.6) is 17.2 Å². The number of hydrogen-bond donors (Lipinski definition) is 1. The second kappa shape index (κ2) is 5.22. The normalized spacial score (nSPS) is 9.50. The standard InChI is InChI=1S/C10H12NO5/c1-14-7-4-6(10(12)11-13)5-8(15-2)9(7)16-3/h4-5H,1-3H3,(H-,11,12,13)/q-1. The number of hydroxylamine groups is 1. The van der Waals surface area contributed by atoms with Gasteiger partial charge in [-0.25, -0.2) is 0 Å². The summed E-state index contributed by atoms with van der Waals surface area (Å²) >= 11 is 0. The molecule has 0 saturated heterocycles. The molecule has 88 valence electrons. The van der Waals surface area contributed by atoms with Crippen LogP contribution >= 0.6 is 0 Å². The monoisotopic (exact) mass is 226 g/mol. The van der Waals surface area contributed by atoms with Crippen LogP contribution in [0, 0.1) is 5.21 Å². The van der Waals surface area contributed by atoms with Crippen molar-refractivity contribution in [3.63, 3.8) is 0 Å². The van der Waals surface area contributed by atoms with Crippen LogP contribution in [0.15, 0.2) is 12.1 Å². The molecule has 0 aliphatic rings. The summed E-state index contributed by atoms with van der Waals surface area (Å²) in [5.41, 5.74) is 1.42. The highest BCUT2D eigenvalue weighted by Gasteiger charge is 2.15.